The van der Waals surface area contributed by atoms with Crippen molar-refractivity contribution in [2.75, 3.05) is 6.54 Å². The van der Waals surface area contributed by atoms with Gasteiger partial charge in [-0.1, -0.05) is 28.1 Å². The minimum Gasteiger partial charge on any atom is -0.423 e. The van der Waals surface area contributed by atoms with E-state index in [1.807, 2.05) is 0 Å². The second-order valence-corrected chi connectivity index (χ2v) is 8.52. The van der Waals surface area contributed by atoms with Crippen molar-refractivity contribution in [3.05, 3.63) is 57.8 Å². The van der Waals surface area contributed by atoms with Gasteiger partial charge in [-0.3, -0.25) is 9.59 Å². The average Bonchev–Trinajstić information content (AvgIpc) is 2.75. The summed E-state index contributed by atoms with van der Waals surface area (Å²) in [6.07, 6.45) is 1.33. The van der Waals surface area contributed by atoms with Crippen LogP contribution in [0.1, 0.15) is 35.2 Å². The third-order valence-corrected chi connectivity index (χ3v) is 5.48. The Labute approximate surface area is 199 Å². The Morgan fingerprint density at radius 1 is 1.06 bits per heavy atom. The standard InChI is InChI=1S/C20H25B2BrFN3O6/c23-15-9-13(8-14(10-15)21(30)31)20(29)27(6-2-1-3-18(25)19(26)28)11-12-4-5-17(24)16(7-12)22(32)33/h4-5,7-10,18,30-33H,1-3,6,11,25H2,(H2,26,28)/t18-/m0/s1. The first kappa shape index (κ1) is 27.0. The number of unbranched alkanes of at least 4 members (excludes halogenated alkanes) is 1. The lowest BCUT2D eigenvalue weighted by Crippen LogP contribution is -2.37. The van der Waals surface area contributed by atoms with Crippen molar-refractivity contribution in [3.63, 3.8) is 0 Å². The molecule has 0 saturated heterocycles. The van der Waals surface area contributed by atoms with Crippen LogP contribution < -0.4 is 22.4 Å². The largest absolute Gasteiger partial charge is 0.491 e. The van der Waals surface area contributed by atoms with Crippen LogP contribution in [0.4, 0.5) is 4.39 Å². The van der Waals surface area contributed by atoms with Crippen LogP contribution >= 0.6 is 15.9 Å². The molecular weight excluding hydrogens is 499 g/mol. The van der Waals surface area contributed by atoms with E-state index in [4.69, 9.17) is 11.5 Å². The molecular formula is C20H25B2BrFN3O6. The number of nitrogens with zero attached hydrogens (tertiary/aromatic N) is 1. The Bertz CT molecular complexity index is 998. The first-order chi connectivity index (χ1) is 15.5. The second kappa shape index (κ2) is 12.3. The number of halogens is 2. The molecule has 0 aromatic heterocycles. The first-order valence-electron chi connectivity index (χ1n) is 10.1. The van der Waals surface area contributed by atoms with Gasteiger partial charge in [-0.05, 0) is 54.6 Å². The van der Waals surface area contributed by atoms with Gasteiger partial charge in [0.25, 0.3) is 5.91 Å². The van der Waals surface area contributed by atoms with Gasteiger partial charge in [0.2, 0.25) is 5.91 Å². The number of carbonyl (C=O) groups excluding carboxylic acids is 2. The van der Waals surface area contributed by atoms with Crippen LogP contribution in [0.5, 0.6) is 0 Å². The van der Waals surface area contributed by atoms with Crippen molar-refractivity contribution in [3.8, 4) is 0 Å². The van der Waals surface area contributed by atoms with Crippen LogP contribution in [-0.2, 0) is 11.3 Å². The highest BCUT2D eigenvalue weighted by Crippen LogP contribution is 2.16. The molecule has 2 aromatic rings. The topological polar surface area (TPSA) is 170 Å². The Morgan fingerprint density at radius 2 is 1.76 bits per heavy atom. The van der Waals surface area contributed by atoms with Gasteiger partial charge in [0, 0.05) is 28.6 Å². The summed E-state index contributed by atoms with van der Waals surface area (Å²) in [5.41, 5.74) is 11.2. The summed E-state index contributed by atoms with van der Waals surface area (Å²) >= 11 is 3.24. The van der Waals surface area contributed by atoms with Gasteiger partial charge < -0.3 is 36.5 Å². The van der Waals surface area contributed by atoms with Crippen molar-refractivity contribution in [2.24, 2.45) is 11.5 Å². The van der Waals surface area contributed by atoms with Gasteiger partial charge in [0.1, 0.15) is 5.82 Å². The zero-order chi connectivity index (χ0) is 24.7. The number of carbonyl (C=O) groups is 2. The van der Waals surface area contributed by atoms with Crippen molar-refractivity contribution in [2.45, 2.75) is 31.8 Å². The monoisotopic (exact) mass is 523 g/mol. The smallest absolute Gasteiger partial charge is 0.423 e. The molecule has 0 bridgehead atoms. The van der Waals surface area contributed by atoms with E-state index in [2.05, 4.69) is 15.9 Å². The summed E-state index contributed by atoms with van der Waals surface area (Å²) < 4.78 is 14.3. The van der Waals surface area contributed by atoms with E-state index in [1.165, 1.54) is 35.2 Å². The molecule has 176 valence electrons. The van der Waals surface area contributed by atoms with Crippen molar-refractivity contribution in [1.82, 2.24) is 4.90 Å². The third kappa shape index (κ3) is 7.91. The molecule has 0 heterocycles. The number of rotatable bonds is 11. The zero-order valence-corrected chi connectivity index (χ0v) is 19.3. The number of primary amides is 1. The third-order valence-electron chi connectivity index (χ3n) is 5.02. The maximum absolute atomic E-state index is 13.8. The molecule has 13 heteroatoms. The summed E-state index contributed by atoms with van der Waals surface area (Å²) in [4.78, 5) is 25.8. The number of benzene rings is 2. The number of nitrogens with two attached hydrogens (primary N) is 2. The van der Waals surface area contributed by atoms with Crippen LogP contribution in [0.25, 0.3) is 0 Å². The lowest BCUT2D eigenvalue weighted by atomic mass is 9.79. The lowest BCUT2D eigenvalue weighted by molar-refractivity contribution is -0.119. The van der Waals surface area contributed by atoms with Crippen molar-refractivity contribution < 1.29 is 34.1 Å². The Kier molecular flexibility index (Phi) is 10.0. The molecule has 0 aliphatic heterocycles. The summed E-state index contributed by atoms with van der Waals surface area (Å²) in [5.74, 6) is -1.85. The highest BCUT2D eigenvalue weighted by atomic mass is 79.9. The maximum Gasteiger partial charge on any atom is 0.491 e. The SMILES string of the molecule is NC(=O)[C@@H](N)CCCCN(Cc1ccc(F)c(B(O)O)c1)C(=O)c1cc(Br)cc(B(O)O)c1. The van der Waals surface area contributed by atoms with E-state index in [9.17, 15) is 34.1 Å². The molecule has 9 nitrogen and oxygen atoms in total. The molecule has 0 aliphatic rings. The van der Waals surface area contributed by atoms with Gasteiger partial charge in [0.15, 0.2) is 0 Å². The number of hydrogen-bond acceptors (Lipinski definition) is 7. The number of amides is 2. The molecule has 33 heavy (non-hydrogen) atoms. The Balaban J connectivity index is 2.27. The van der Waals surface area contributed by atoms with Crippen LogP contribution in [0.2, 0.25) is 0 Å². The molecule has 1 atom stereocenters. The summed E-state index contributed by atoms with van der Waals surface area (Å²) in [6, 6.07) is 7.31. The predicted octanol–water partition coefficient (Wildman–Crippen LogP) is -1.43. The second-order valence-electron chi connectivity index (χ2n) is 7.61. The van der Waals surface area contributed by atoms with Crippen LogP contribution in [0.15, 0.2) is 40.9 Å². The minimum atomic E-state index is -2.01. The lowest BCUT2D eigenvalue weighted by Gasteiger charge is -2.24. The van der Waals surface area contributed by atoms with E-state index in [1.54, 1.807) is 0 Å². The molecule has 2 amide bonds. The molecule has 0 unspecified atom stereocenters. The van der Waals surface area contributed by atoms with Gasteiger partial charge in [-0.25, -0.2) is 4.39 Å². The molecule has 0 spiro atoms. The van der Waals surface area contributed by atoms with Crippen LogP contribution in [-0.4, -0.2) is 63.6 Å². The molecule has 0 aliphatic carbocycles. The van der Waals surface area contributed by atoms with E-state index in [-0.39, 0.29) is 29.6 Å². The molecule has 2 rings (SSSR count). The van der Waals surface area contributed by atoms with Crippen LogP contribution in [0, 0.1) is 5.82 Å². The maximum atomic E-state index is 13.8. The van der Waals surface area contributed by atoms with Crippen LogP contribution in [0.3, 0.4) is 0 Å². The highest BCUT2D eigenvalue weighted by Gasteiger charge is 2.22. The summed E-state index contributed by atoms with van der Waals surface area (Å²) in [5, 5.41) is 37.7. The molecule has 0 radical (unpaired) electrons. The number of hydrogen-bond donors (Lipinski definition) is 6. The van der Waals surface area contributed by atoms with E-state index in [0.717, 1.165) is 6.07 Å². The van der Waals surface area contributed by atoms with Gasteiger partial charge in [0.05, 0.1) is 6.04 Å². The zero-order valence-electron chi connectivity index (χ0n) is 17.7. The first-order valence-corrected chi connectivity index (χ1v) is 10.9. The predicted molar refractivity (Wildman–Crippen MR) is 126 cm³/mol. The van der Waals surface area contributed by atoms with Crippen molar-refractivity contribution >= 4 is 52.9 Å². The van der Waals surface area contributed by atoms with Gasteiger partial charge in [-0.2, -0.15) is 0 Å². The molecule has 0 fully saturated rings. The Morgan fingerprint density at radius 3 is 2.36 bits per heavy atom. The Hall–Kier alpha value is -2.28. The van der Waals surface area contributed by atoms with E-state index >= 15 is 0 Å². The highest BCUT2D eigenvalue weighted by molar-refractivity contribution is 9.10. The van der Waals surface area contributed by atoms with E-state index < -0.39 is 37.9 Å². The average molecular weight is 524 g/mol. The fourth-order valence-corrected chi connectivity index (χ4v) is 3.75. The van der Waals surface area contributed by atoms with Gasteiger partial charge >= 0.3 is 14.2 Å². The fourth-order valence-electron chi connectivity index (χ4n) is 3.24. The van der Waals surface area contributed by atoms with Gasteiger partial charge in [-0.15, -0.1) is 0 Å². The molecule has 2 aromatic carbocycles. The molecule has 0 saturated carbocycles. The minimum absolute atomic E-state index is 0.0181. The summed E-state index contributed by atoms with van der Waals surface area (Å²) in [6.45, 7) is 0.256. The molecule has 8 N–H and O–H groups in total. The van der Waals surface area contributed by atoms with Crippen molar-refractivity contribution in [1.29, 1.82) is 0 Å². The normalized spacial score (nSPS) is 11.7. The fraction of sp³-hybridized carbons (Fsp3) is 0.300. The van der Waals surface area contributed by atoms with E-state index in [0.29, 0.717) is 29.3 Å². The summed E-state index contributed by atoms with van der Waals surface area (Å²) in [7, 11) is -3.79. The quantitative estimate of drug-likeness (QED) is 0.155.